The molecular weight excluding hydrogens is 288 g/mol. The summed E-state index contributed by atoms with van der Waals surface area (Å²) in [4.78, 5) is 23.9. The van der Waals surface area contributed by atoms with Crippen molar-refractivity contribution in [2.45, 2.75) is 6.42 Å². The Bertz CT molecular complexity index is 830. The molecule has 2 heterocycles. The molecule has 0 unspecified atom stereocenters. The number of nitrogens with one attached hydrogen (secondary N) is 1. The Balaban J connectivity index is 1.66. The quantitative estimate of drug-likeness (QED) is 0.803. The fourth-order valence-corrected chi connectivity index (χ4v) is 2.79. The molecular formula is C15H14N2O3S. The highest BCUT2D eigenvalue weighted by Crippen LogP contribution is 2.14. The van der Waals surface area contributed by atoms with Gasteiger partial charge in [-0.25, -0.2) is 4.79 Å². The summed E-state index contributed by atoms with van der Waals surface area (Å²) >= 11 is 1.42. The van der Waals surface area contributed by atoms with Gasteiger partial charge in [-0.1, -0.05) is 12.1 Å². The molecule has 3 aromatic rings. The third kappa shape index (κ3) is 2.75. The van der Waals surface area contributed by atoms with Crippen molar-refractivity contribution in [3.8, 4) is 0 Å². The van der Waals surface area contributed by atoms with Crippen LogP contribution in [0.25, 0.3) is 11.1 Å². The first kappa shape index (κ1) is 13.6. The number of oxazole rings is 1. The van der Waals surface area contributed by atoms with E-state index in [1.54, 1.807) is 13.1 Å². The second kappa shape index (κ2) is 5.57. The first-order valence-corrected chi connectivity index (χ1v) is 7.43. The fourth-order valence-electron chi connectivity index (χ4n) is 2.15. The van der Waals surface area contributed by atoms with Crippen LogP contribution in [0.4, 0.5) is 0 Å². The molecule has 1 amide bonds. The topological polar surface area (TPSA) is 64.2 Å². The molecule has 21 heavy (non-hydrogen) atoms. The highest BCUT2D eigenvalue weighted by atomic mass is 32.1. The molecule has 1 aromatic carbocycles. The van der Waals surface area contributed by atoms with E-state index in [4.69, 9.17) is 4.42 Å². The van der Waals surface area contributed by atoms with Gasteiger partial charge in [0.05, 0.1) is 10.4 Å². The minimum absolute atomic E-state index is 0.0580. The summed E-state index contributed by atoms with van der Waals surface area (Å²) in [6.07, 6.45) is 0.686. The number of rotatable bonds is 4. The number of nitrogens with zero attached hydrogens (tertiary/aromatic N) is 1. The molecule has 3 rings (SSSR count). The number of amides is 1. The van der Waals surface area contributed by atoms with Crippen molar-refractivity contribution in [2.24, 2.45) is 7.05 Å². The van der Waals surface area contributed by atoms with Crippen molar-refractivity contribution < 1.29 is 9.21 Å². The zero-order chi connectivity index (χ0) is 14.8. The molecule has 108 valence electrons. The van der Waals surface area contributed by atoms with Crippen LogP contribution < -0.4 is 11.1 Å². The van der Waals surface area contributed by atoms with Gasteiger partial charge in [-0.3, -0.25) is 9.36 Å². The minimum Gasteiger partial charge on any atom is -0.408 e. The summed E-state index contributed by atoms with van der Waals surface area (Å²) in [5.74, 6) is -0.425. The van der Waals surface area contributed by atoms with E-state index in [0.29, 0.717) is 23.4 Å². The number of hydrogen-bond donors (Lipinski definition) is 1. The molecule has 0 atom stereocenters. The van der Waals surface area contributed by atoms with Gasteiger partial charge < -0.3 is 9.73 Å². The lowest BCUT2D eigenvalue weighted by atomic mass is 10.1. The van der Waals surface area contributed by atoms with Crippen LogP contribution in [0.1, 0.15) is 15.2 Å². The summed E-state index contributed by atoms with van der Waals surface area (Å²) in [5, 5.41) is 4.75. The van der Waals surface area contributed by atoms with E-state index in [2.05, 4.69) is 5.32 Å². The number of aromatic nitrogens is 1. The van der Waals surface area contributed by atoms with Crippen molar-refractivity contribution in [1.29, 1.82) is 0 Å². The fraction of sp³-hybridized carbons (Fsp3) is 0.200. The molecule has 0 spiro atoms. The average molecular weight is 302 g/mol. The molecule has 6 heteroatoms. The summed E-state index contributed by atoms with van der Waals surface area (Å²) < 4.78 is 6.62. The van der Waals surface area contributed by atoms with Crippen molar-refractivity contribution in [3.63, 3.8) is 0 Å². The predicted molar refractivity (Wildman–Crippen MR) is 81.8 cm³/mol. The lowest BCUT2D eigenvalue weighted by Gasteiger charge is -2.04. The lowest BCUT2D eigenvalue weighted by molar-refractivity contribution is 0.0958. The van der Waals surface area contributed by atoms with Crippen LogP contribution in [0.2, 0.25) is 0 Å². The monoisotopic (exact) mass is 302 g/mol. The molecule has 0 aliphatic rings. The standard InChI is InChI=1S/C15H14N2O3S/c1-17-11-5-4-10(9-12(11)20-15(17)19)6-7-16-14(18)13-3-2-8-21-13/h2-5,8-9H,6-7H2,1H3,(H,16,18). The van der Waals surface area contributed by atoms with Crippen molar-refractivity contribution >= 4 is 28.3 Å². The highest BCUT2D eigenvalue weighted by molar-refractivity contribution is 7.12. The Hall–Kier alpha value is -2.34. The second-order valence-corrected chi connectivity index (χ2v) is 5.66. The Labute approximate surface area is 124 Å². The summed E-state index contributed by atoms with van der Waals surface area (Å²) in [6.45, 7) is 0.541. The van der Waals surface area contributed by atoms with E-state index in [0.717, 1.165) is 11.1 Å². The molecule has 0 aliphatic carbocycles. The van der Waals surface area contributed by atoms with Crippen molar-refractivity contribution in [1.82, 2.24) is 9.88 Å². The van der Waals surface area contributed by atoms with E-state index in [9.17, 15) is 9.59 Å². The normalized spacial score (nSPS) is 10.9. The first-order valence-electron chi connectivity index (χ1n) is 6.55. The van der Waals surface area contributed by atoms with Crippen LogP contribution in [0.15, 0.2) is 44.9 Å². The Morgan fingerprint density at radius 3 is 3.00 bits per heavy atom. The largest absolute Gasteiger partial charge is 0.419 e. The van der Waals surface area contributed by atoms with Gasteiger partial charge in [0, 0.05) is 13.6 Å². The summed E-state index contributed by atoms with van der Waals surface area (Å²) in [6, 6.07) is 9.29. The molecule has 0 radical (unpaired) electrons. The summed E-state index contributed by atoms with van der Waals surface area (Å²) in [5.41, 5.74) is 2.36. The van der Waals surface area contributed by atoms with E-state index in [1.807, 2.05) is 29.6 Å². The second-order valence-electron chi connectivity index (χ2n) is 4.71. The number of fused-ring (bicyclic) bond motifs is 1. The zero-order valence-corrected chi connectivity index (χ0v) is 12.3. The van der Waals surface area contributed by atoms with Crippen molar-refractivity contribution in [2.75, 3.05) is 6.54 Å². The molecule has 0 aliphatic heterocycles. The highest BCUT2D eigenvalue weighted by Gasteiger charge is 2.08. The molecule has 0 saturated carbocycles. The number of aryl methyl sites for hydroxylation is 1. The number of benzene rings is 1. The van der Waals surface area contributed by atoms with Gasteiger partial charge in [-0.15, -0.1) is 11.3 Å². The van der Waals surface area contributed by atoms with Crippen LogP contribution in [0.3, 0.4) is 0 Å². The van der Waals surface area contributed by atoms with Gasteiger partial charge in [0.25, 0.3) is 5.91 Å². The van der Waals surface area contributed by atoms with E-state index >= 15 is 0 Å². The number of carbonyl (C=O) groups is 1. The predicted octanol–water partition coefficient (Wildman–Crippen LogP) is 2.17. The first-order chi connectivity index (χ1) is 10.1. The van der Waals surface area contributed by atoms with Gasteiger partial charge in [0.1, 0.15) is 0 Å². The number of hydrogen-bond acceptors (Lipinski definition) is 4. The molecule has 2 aromatic heterocycles. The maximum absolute atomic E-state index is 11.8. The average Bonchev–Trinajstić information content (AvgIpc) is 3.09. The number of carbonyl (C=O) groups excluding carboxylic acids is 1. The molecule has 5 nitrogen and oxygen atoms in total. The summed E-state index contributed by atoms with van der Waals surface area (Å²) in [7, 11) is 1.68. The Morgan fingerprint density at radius 2 is 2.24 bits per heavy atom. The SMILES string of the molecule is Cn1c(=O)oc2cc(CCNC(=O)c3cccs3)ccc21. The van der Waals surface area contributed by atoms with Gasteiger partial charge in [0.15, 0.2) is 5.58 Å². The Kier molecular flexibility index (Phi) is 3.62. The third-order valence-corrected chi connectivity index (χ3v) is 4.17. The molecule has 0 fully saturated rings. The molecule has 0 bridgehead atoms. The van der Waals surface area contributed by atoms with Crippen LogP contribution in [0, 0.1) is 0 Å². The van der Waals surface area contributed by atoms with Gasteiger partial charge in [0.2, 0.25) is 0 Å². The van der Waals surface area contributed by atoms with E-state index in [1.165, 1.54) is 15.9 Å². The number of thiophene rings is 1. The van der Waals surface area contributed by atoms with Gasteiger partial charge in [-0.2, -0.15) is 0 Å². The smallest absolute Gasteiger partial charge is 0.408 e. The van der Waals surface area contributed by atoms with Crippen LogP contribution in [0.5, 0.6) is 0 Å². The van der Waals surface area contributed by atoms with E-state index < -0.39 is 0 Å². The maximum Gasteiger partial charge on any atom is 0.419 e. The maximum atomic E-state index is 11.8. The molecule has 0 saturated heterocycles. The third-order valence-electron chi connectivity index (χ3n) is 3.30. The van der Waals surface area contributed by atoms with Gasteiger partial charge in [-0.05, 0) is 35.6 Å². The lowest BCUT2D eigenvalue weighted by Crippen LogP contribution is -2.24. The van der Waals surface area contributed by atoms with Crippen LogP contribution >= 0.6 is 11.3 Å². The van der Waals surface area contributed by atoms with E-state index in [-0.39, 0.29) is 11.7 Å². The van der Waals surface area contributed by atoms with Crippen LogP contribution in [-0.4, -0.2) is 17.0 Å². The minimum atomic E-state index is -0.367. The Morgan fingerprint density at radius 1 is 1.38 bits per heavy atom. The van der Waals surface area contributed by atoms with Crippen LogP contribution in [-0.2, 0) is 13.5 Å². The molecule has 1 N–H and O–H groups in total. The van der Waals surface area contributed by atoms with Gasteiger partial charge >= 0.3 is 5.76 Å². The van der Waals surface area contributed by atoms with Crippen molar-refractivity contribution in [3.05, 3.63) is 56.7 Å². The zero-order valence-electron chi connectivity index (χ0n) is 11.5.